The molecule has 252 valence electrons. The van der Waals surface area contributed by atoms with Gasteiger partial charge in [-0.2, -0.15) is 10.2 Å². The third kappa shape index (κ3) is 5.31. The molecular weight excluding hydrogens is 626 g/mol. The van der Waals surface area contributed by atoms with Crippen LogP contribution in [-0.2, 0) is 24.7 Å². The van der Waals surface area contributed by atoms with Gasteiger partial charge in [-0.1, -0.05) is 18.7 Å². The number of aromatic nitrogens is 5. The van der Waals surface area contributed by atoms with E-state index in [0.29, 0.717) is 42.8 Å². The number of halogens is 2. The molecule has 5 aromatic rings. The van der Waals surface area contributed by atoms with E-state index in [-0.39, 0.29) is 47.9 Å². The Balaban J connectivity index is 1.36. The predicted octanol–water partition coefficient (Wildman–Crippen LogP) is 6.73. The minimum Gasteiger partial charge on any atom is -0.492 e. The molecule has 0 bridgehead atoms. The van der Waals surface area contributed by atoms with E-state index in [4.69, 9.17) is 14.8 Å². The highest BCUT2D eigenvalue weighted by molar-refractivity contribution is 5.91. The average Bonchev–Trinajstić information content (AvgIpc) is 3.81. The minimum absolute atomic E-state index is 0.102. The molecule has 0 radical (unpaired) electrons. The zero-order chi connectivity index (χ0) is 34.1. The van der Waals surface area contributed by atoms with Gasteiger partial charge in [-0.25, -0.2) is 13.8 Å². The monoisotopic (exact) mass is 664 g/mol. The number of ether oxygens (including phenoxy) is 1. The maximum absolute atomic E-state index is 16.3. The van der Waals surface area contributed by atoms with Crippen LogP contribution in [0.3, 0.4) is 0 Å². The van der Waals surface area contributed by atoms with Crippen molar-refractivity contribution in [3.8, 4) is 39.5 Å². The Morgan fingerprint density at radius 1 is 1.06 bits per heavy atom. The van der Waals surface area contributed by atoms with Crippen LogP contribution < -0.4 is 4.74 Å². The van der Waals surface area contributed by atoms with Gasteiger partial charge >= 0.3 is 0 Å². The smallest absolute Gasteiger partial charge is 0.246 e. The van der Waals surface area contributed by atoms with Crippen LogP contribution >= 0.6 is 0 Å². The molecule has 3 aromatic heterocycles. The quantitative estimate of drug-likeness (QED) is 0.194. The van der Waals surface area contributed by atoms with Gasteiger partial charge in [-0.3, -0.25) is 14.2 Å². The molecule has 2 aromatic carbocycles. The normalized spacial score (nSPS) is 21.4. The molecule has 2 atom stereocenters. The molecule has 8 rings (SSSR count). The van der Waals surface area contributed by atoms with Crippen molar-refractivity contribution in [3.05, 3.63) is 83.7 Å². The highest BCUT2D eigenvalue weighted by Gasteiger charge is 2.36. The molecule has 1 N–H and O–H groups in total. The number of hydrogen-bond acceptors (Lipinski definition) is 6. The fraction of sp³-hybridized carbons (Fsp3) is 0.368. The average molecular weight is 665 g/mol. The summed E-state index contributed by atoms with van der Waals surface area (Å²) >= 11 is 0. The van der Waals surface area contributed by atoms with E-state index in [0.717, 1.165) is 57.9 Å². The lowest BCUT2D eigenvalue weighted by molar-refractivity contribution is -0.129. The summed E-state index contributed by atoms with van der Waals surface area (Å²) in [6.07, 6.45) is 6.36. The van der Waals surface area contributed by atoms with E-state index in [1.807, 2.05) is 56.0 Å². The molecule has 3 aliphatic rings. The third-order valence-corrected chi connectivity index (χ3v) is 10.4. The minimum atomic E-state index is -0.739. The van der Waals surface area contributed by atoms with E-state index in [9.17, 15) is 14.3 Å². The lowest BCUT2D eigenvalue weighted by Gasteiger charge is -2.36. The molecule has 0 unspecified atom stereocenters. The van der Waals surface area contributed by atoms with Crippen LogP contribution in [0.4, 0.5) is 8.78 Å². The lowest BCUT2D eigenvalue weighted by Crippen LogP contribution is -2.42. The van der Waals surface area contributed by atoms with Gasteiger partial charge in [0.25, 0.3) is 0 Å². The lowest BCUT2D eigenvalue weighted by atomic mass is 9.83. The summed E-state index contributed by atoms with van der Waals surface area (Å²) in [5, 5.41) is 20.5. The van der Waals surface area contributed by atoms with Crippen LogP contribution in [0.25, 0.3) is 44.7 Å². The van der Waals surface area contributed by atoms with Crippen LogP contribution in [0.1, 0.15) is 62.0 Å². The zero-order valence-electron chi connectivity index (χ0n) is 27.8. The number of fused-ring (bicyclic) bond motifs is 3. The maximum Gasteiger partial charge on any atom is 0.246 e. The highest BCUT2D eigenvalue weighted by Crippen LogP contribution is 2.48. The van der Waals surface area contributed by atoms with Crippen molar-refractivity contribution in [2.75, 3.05) is 13.2 Å². The van der Waals surface area contributed by atoms with Gasteiger partial charge in [0.05, 0.1) is 53.0 Å². The summed E-state index contributed by atoms with van der Waals surface area (Å²) < 4.78 is 41.0. The van der Waals surface area contributed by atoms with Crippen LogP contribution in [0.2, 0.25) is 0 Å². The molecule has 1 aliphatic heterocycles. The number of hydrogen-bond donors (Lipinski definition) is 1. The molecule has 0 saturated heterocycles. The van der Waals surface area contributed by atoms with Gasteiger partial charge in [0.2, 0.25) is 5.91 Å². The molecule has 4 heterocycles. The molecule has 0 spiro atoms. The standard InChI is InChI=1S/C38H38F2N6O3/c1-5-34(48)45-17-20(2)46-32(21(45)3)16-31(43-46)38-35(36-29(40)14-25(39)15-33(36)49-19-22-11-26(47)12-22)27-7-6-8-28(27)37(41-38)23-9-10-24-18-44(4)42-30(24)13-23/h5,9-10,13-16,18,20-22,26,47H,1,6-8,11-12,17,19H2,2-4H3/t20-,21+,22?,26?/m0/s1. The highest BCUT2D eigenvalue weighted by atomic mass is 19.1. The van der Waals surface area contributed by atoms with Gasteiger partial charge in [-0.15, -0.1) is 0 Å². The summed E-state index contributed by atoms with van der Waals surface area (Å²) in [5.74, 6) is -1.43. The van der Waals surface area contributed by atoms with E-state index in [2.05, 4.69) is 11.7 Å². The second-order valence-corrected chi connectivity index (χ2v) is 13.8. The number of aliphatic hydroxyl groups excluding tert-OH is 1. The second-order valence-electron chi connectivity index (χ2n) is 13.8. The molecule has 2 aliphatic carbocycles. The molecule has 9 nitrogen and oxygen atoms in total. The number of benzene rings is 2. The first-order chi connectivity index (χ1) is 23.6. The van der Waals surface area contributed by atoms with Gasteiger partial charge in [0, 0.05) is 48.4 Å². The molecule has 11 heteroatoms. The summed E-state index contributed by atoms with van der Waals surface area (Å²) in [5.41, 5.74) is 6.99. The van der Waals surface area contributed by atoms with E-state index < -0.39 is 11.6 Å². The first kappa shape index (κ1) is 31.4. The summed E-state index contributed by atoms with van der Waals surface area (Å²) in [4.78, 5) is 19.9. The van der Waals surface area contributed by atoms with Gasteiger partial charge < -0.3 is 14.7 Å². The molecule has 1 amide bonds. The van der Waals surface area contributed by atoms with Crippen molar-refractivity contribution in [2.24, 2.45) is 13.0 Å². The Morgan fingerprint density at radius 2 is 1.86 bits per heavy atom. The van der Waals surface area contributed by atoms with Crippen molar-refractivity contribution in [1.82, 2.24) is 29.4 Å². The number of pyridine rings is 1. The van der Waals surface area contributed by atoms with E-state index >= 15 is 4.39 Å². The van der Waals surface area contributed by atoms with Crippen molar-refractivity contribution in [2.45, 2.75) is 64.1 Å². The maximum atomic E-state index is 16.3. The number of rotatable bonds is 7. The van der Waals surface area contributed by atoms with Crippen molar-refractivity contribution in [1.29, 1.82) is 0 Å². The molecular formula is C38H38F2N6O3. The topological polar surface area (TPSA) is 98.3 Å². The first-order valence-electron chi connectivity index (χ1n) is 16.9. The zero-order valence-corrected chi connectivity index (χ0v) is 27.8. The Bertz CT molecular complexity index is 2150. The van der Waals surface area contributed by atoms with E-state index in [1.165, 1.54) is 12.1 Å². The Labute approximate surface area is 282 Å². The first-order valence-corrected chi connectivity index (χ1v) is 16.9. The summed E-state index contributed by atoms with van der Waals surface area (Å²) in [7, 11) is 1.89. The predicted molar refractivity (Wildman–Crippen MR) is 182 cm³/mol. The number of nitrogens with zero attached hydrogens (tertiary/aromatic N) is 6. The summed E-state index contributed by atoms with van der Waals surface area (Å²) in [6.45, 7) is 8.34. The molecule has 49 heavy (non-hydrogen) atoms. The Hall–Kier alpha value is -4.90. The number of carbonyl (C=O) groups excluding carboxylic acids is 1. The van der Waals surface area contributed by atoms with Crippen molar-refractivity contribution < 1.29 is 23.4 Å². The fourth-order valence-corrected chi connectivity index (χ4v) is 7.86. The Morgan fingerprint density at radius 3 is 2.63 bits per heavy atom. The Kier molecular flexibility index (Phi) is 7.62. The molecule has 1 fully saturated rings. The van der Waals surface area contributed by atoms with Crippen molar-refractivity contribution >= 4 is 16.8 Å². The largest absolute Gasteiger partial charge is 0.492 e. The number of aryl methyl sites for hydroxylation is 1. The fourth-order valence-electron chi connectivity index (χ4n) is 7.86. The number of amides is 1. The van der Waals surface area contributed by atoms with Crippen molar-refractivity contribution in [3.63, 3.8) is 0 Å². The van der Waals surface area contributed by atoms with Crippen LogP contribution in [0.15, 0.2) is 55.3 Å². The van der Waals surface area contributed by atoms with E-state index in [1.54, 1.807) is 9.58 Å². The third-order valence-electron chi connectivity index (χ3n) is 10.4. The van der Waals surface area contributed by atoms with Crippen LogP contribution in [0, 0.1) is 17.6 Å². The number of aliphatic hydroxyl groups is 1. The second kappa shape index (κ2) is 11.9. The SMILES string of the molecule is C=CC(=O)N1C[C@H](C)n2nc(-c3nc(-c4ccc5cn(C)nc5c4)c4c(c3-c3c(F)cc(F)cc3OCC3CC(O)C3)CCC4)cc2[C@H]1C. The van der Waals surface area contributed by atoms with Crippen LogP contribution in [0.5, 0.6) is 5.75 Å². The summed E-state index contributed by atoms with van der Waals surface area (Å²) in [6, 6.07) is 9.74. The van der Waals surface area contributed by atoms with Gasteiger partial charge in [0.15, 0.2) is 0 Å². The van der Waals surface area contributed by atoms with Crippen LogP contribution in [-0.4, -0.2) is 59.7 Å². The van der Waals surface area contributed by atoms with Gasteiger partial charge in [0.1, 0.15) is 23.1 Å². The van der Waals surface area contributed by atoms with Gasteiger partial charge in [-0.05, 0) is 81.2 Å². The number of carbonyl (C=O) groups is 1. The molecule has 1 saturated carbocycles.